The van der Waals surface area contributed by atoms with Crippen molar-refractivity contribution in [2.45, 2.75) is 12.8 Å². The maximum atomic E-state index is 12.2. The number of carboxylic acids is 1. The summed E-state index contributed by atoms with van der Waals surface area (Å²) in [5, 5.41) is 17.7. The van der Waals surface area contributed by atoms with Crippen molar-refractivity contribution in [1.29, 1.82) is 0 Å². The fraction of sp³-hybridized carbons (Fsp3) is 0.462. The maximum absolute atomic E-state index is 12.2. The molecule has 1 fully saturated rings. The van der Waals surface area contributed by atoms with E-state index in [1.807, 2.05) is 0 Å². The quantitative estimate of drug-likeness (QED) is 0.832. The first kappa shape index (κ1) is 13.5. The summed E-state index contributed by atoms with van der Waals surface area (Å²) < 4.78 is 0. The number of aliphatic hydroxyl groups is 1. The first-order valence-electron chi connectivity index (χ1n) is 6.22. The fourth-order valence-electron chi connectivity index (χ4n) is 2.27. The highest BCUT2D eigenvalue weighted by Gasteiger charge is 2.27. The van der Waals surface area contributed by atoms with E-state index in [1.54, 1.807) is 4.90 Å². The minimum Gasteiger partial charge on any atom is -0.477 e. The maximum Gasteiger partial charge on any atom is 0.354 e. The summed E-state index contributed by atoms with van der Waals surface area (Å²) in [7, 11) is 0. The highest BCUT2D eigenvalue weighted by Crippen LogP contribution is 2.20. The molecule has 1 aliphatic rings. The number of pyridine rings is 1. The molecule has 2 N–H and O–H groups in total. The lowest BCUT2D eigenvalue weighted by Crippen LogP contribution is -2.29. The Morgan fingerprint density at radius 2 is 2.11 bits per heavy atom. The molecule has 2 rings (SSSR count). The molecule has 0 bridgehead atoms. The van der Waals surface area contributed by atoms with E-state index in [1.165, 1.54) is 18.2 Å². The summed E-state index contributed by atoms with van der Waals surface area (Å²) in [4.78, 5) is 28.5. The van der Waals surface area contributed by atoms with Gasteiger partial charge < -0.3 is 15.1 Å². The van der Waals surface area contributed by atoms with Crippen LogP contribution < -0.4 is 0 Å². The number of aromatic nitrogens is 1. The number of carboxylic acid groups (broad SMARTS) is 1. The number of carbonyl (C=O) groups is 2. The number of aromatic carboxylic acids is 1. The molecule has 1 unspecified atom stereocenters. The molecule has 1 aromatic rings. The fourth-order valence-corrected chi connectivity index (χ4v) is 2.27. The van der Waals surface area contributed by atoms with Gasteiger partial charge in [-0.15, -0.1) is 0 Å². The van der Waals surface area contributed by atoms with Gasteiger partial charge in [-0.05, 0) is 30.9 Å². The highest BCUT2D eigenvalue weighted by atomic mass is 16.4. The van der Waals surface area contributed by atoms with Crippen molar-refractivity contribution in [3.05, 3.63) is 29.6 Å². The van der Waals surface area contributed by atoms with Gasteiger partial charge in [0.2, 0.25) is 0 Å². The second-order valence-electron chi connectivity index (χ2n) is 4.63. The van der Waals surface area contributed by atoms with E-state index in [0.717, 1.165) is 6.42 Å². The summed E-state index contributed by atoms with van der Waals surface area (Å²) >= 11 is 0. The number of rotatable bonds is 4. The molecular weight excluding hydrogens is 248 g/mol. The molecule has 6 nitrogen and oxygen atoms in total. The monoisotopic (exact) mass is 264 g/mol. The Morgan fingerprint density at radius 3 is 2.79 bits per heavy atom. The number of aliphatic hydroxyl groups excluding tert-OH is 1. The van der Waals surface area contributed by atoms with Crippen molar-refractivity contribution < 1.29 is 19.8 Å². The molecule has 0 aliphatic carbocycles. The molecule has 1 aliphatic heterocycles. The SMILES string of the molecule is O=C(O)c1cccc(C(=O)N2CCC(CCO)C2)n1. The van der Waals surface area contributed by atoms with Gasteiger partial charge in [0, 0.05) is 19.7 Å². The Kier molecular flexibility index (Phi) is 4.11. The predicted molar refractivity (Wildman–Crippen MR) is 66.9 cm³/mol. The Balaban J connectivity index is 2.08. The minimum absolute atomic E-state index is 0.124. The lowest BCUT2D eigenvalue weighted by atomic mass is 10.1. The summed E-state index contributed by atoms with van der Waals surface area (Å²) in [5.74, 6) is -1.07. The smallest absolute Gasteiger partial charge is 0.354 e. The lowest BCUT2D eigenvalue weighted by Gasteiger charge is -2.16. The van der Waals surface area contributed by atoms with Crippen molar-refractivity contribution in [3.63, 3.8) is 0 Å². The molecule has 0 spiro atoms. The van der Waals surface area contributed by atoms with Crippen LogP contribution in [0.2, 0.25) is 0 Å². The average Bonchev–Trinajstić information content (AvgIpc) is 2.87. The summed E-state index contributed by atoms with van der Waals surface area (Å²) in [5.41, 5.74) is 0.0292. The van der Waals surface area contributed by atoms with Crippen molar-refractivity contribution >= 4 is 11.9 Å². The van der Waals surface area contributed by atoms with Crippen LogP contribution in [-0.2, 0) is 0 Å². The Labute approximate surface area is 110 Å². The van der Waals surface area contributed by atoms with Crippen LogP contribution in [0.1, 0.15) is 33.8 Å². The zero-order valence-electron chi connectivity index (χ0n) is 10.5. The number of likely N-dealkylation sites (tertiary alicyclic amines) is 1. The molecule has 102 valence electrons. The van der Waals surface area contributed by atoms with Crippen LogP contribution in [0.5, 0.6) is 0 Å². The highest BCUT2D eigenvalue weighted by molar-refractivity contribution is 5.94. The number of nitrogens with zero attached hydrogens (tertiary/aromatic N) is 2. The molecule has 0 aromatic carbocycles. The zero-order chi connectivity index (χ0) is 13.8. The van der Waals surface area contributed by atoms with Crippen LogP contribution >= 0.6 is 0 Å². The molecule has 1 saturated heterocycles. The van der Waals surface area contributed by atoms with Gasteiger partial charge in [0.15, 0.2) is 0 Å². The summed E-state index contributed by atoms with van der Waals surface area (Å²) in [6.07, 6.45) is 1.55. The largest absolute Gasteiger partial charge is 0.477 e. The Hall–Kier alpha value is -1.95. The van der Waals surface area contributed by atoms with Gasteiger partial charge in [0.05, 0.1) is 0 Å². The van der Waals surface area contributed by atoms with E-state index in [2.05, 4.69) is 4.98 Å². The van der Waals surface area contributed by atoms with Gasteiger partial charge in [0.25, 0.3) is 5.91 Å². The second kappa shape index (κ2) is 5.79. The van der Waals surface area contributed by atoms with Crippen molar-refractivity contribution in [1.82, 2.24) is 9.88 Å². The van der Waals surface area contributed by atoms with Crippen LogP contribution in [0.3, 0.4) is 0 Å². The molecular formula is C13H16N2O4. The molecule has 1 amide bonds. The van der Waals surface area contributed by atoms with E-state index in [-0.39, 0.29) is 23.9 Å². The average molecular weight is 264 g/mol. The third-order valence-electron chi connectivity index (χ3n) is 3.30. The van der Waals surface area contributed by atoms with Gasteiger partial charge in [-0.3, -0.25) is 4.79 Å². The van der Waals surface area contributed by atoms with Gasteiger partial charge >= 0.3 is 5.97 Å². The van der Waals surface area contributed by atoms with Gasteiger partial charge in [-0.1, -0.05) is 6.07 Å². The number of hydrogen-bond donors (Lipinski definition) is 2. The van der Waals surface area contributed by atoms with Crippen molar-refractivity contribution in [2.75, 3.05) is 19.7 Å². The van der Waals surface area contributed by atoms with Gasteiger partial charge in [0.1, 0.15) is 11.4 Å². The molecule has 1 atom stereocenters. The van der Waals surface area contributed by atoms with Crippen molar-refractivity contribution in [3.8, 4) is 0 Å². The van der Waals surface area contributed by atoms with Crippen molar-refractivity contribution in [2.24, 2.45) is 5.92 Å². The molecule has 2 heterocycles. The molecule has 0 saturated carbocycles. The normalized spacial score (nSPS) is 18.6. The van der Waals surface area contributed by atoms with Crippen LogP contribution in [0.15, 0.2) is 18.2 Å². The third-order valence-corrected chi connectivity index (χ3v) is 3.30. The van der Waals surface area contributed by atoms with Gasteiger partial charge in [-0.25, -0.2) is 9.78 Å². The first-order valence-corrected chi connectivity index (χ1v) is 6.22. The van der Waals surface area contributed by atoms with E-state index in [4.69, 9.17) is 10.2 Å². The topological polar surface area (TPSA) is 90.7 Å². The standard InChI is InChI=1S/C13H16N2O4/c16-7-5-9-4-6-15(8-9)12(17)10-2-1-3-11(14-10)13(18)19/h1-3,9,16H,4-8H2,(H,18,19). The minimum atomic E-state index is -1.14. The van der Waals surface area contributed by atoms with Crippen LogP contribution in [0.25, 0.3) is 0 Å². The van der Waals surface area contributed by atoms with E-state index >= 15 is 0 Å². The van der Waals surface area contributed by atoms with E-state index < -0.39 is 5.97 Å². The molecule has 6 heteroatoms. The Bertz CT molecular complexity index is 489. The first-order chi connectivity index (χ1) is 9.11. The van der Waals surface area contributed by atoms with E-state index in [0.29, 0.717) is 25.4 Å². The number of hydrogen-bond acceptors (Lipinski definition) is 4. The zero-order valence-corrected chi connectivity index (χ0v) is 10.5. The third kappa shape index (κ3) is 3.08. The van der Waals surface area contributed by atoms with Crippen LogP contribution in [-0.4, -0.2) is 51.7 Å². The van der Waals surface area contributed by atoms with Crippen LogP contribution in [0, 0.1) is 5.92 Å². The molecule has 1 aromatic heterocycles. The lowest BCUT2D eigenvalue weighted by molar-refractivity contribution is 0.0690. The summed E-state index contributed by atoms with van der Waals surface area (Å²) in [6.45, 7) is 1.35. The van der Waals surface area contributed by atoms with Gasteiger partial charge in [-0.2, -0.15) is 0 Å². The summed E-state index contributed by atoms with van der Waals surface area (Å²) in [6, 6.07) is 4.40. The number of carbonyl (C=O) groups excluding carboxylic acids is 1. The number of amides is 1. The second-order valence-corrected chi connectivity index (χ2v) is 4.63. The Morgan fingerprint density at radius 1 is 1.37 bits per heavy atom. The van der Waals surface area contributed by atoms with E-state index in [9.17, 15) is 9.59 Å². The predicted octanol–water partition coefficient (Wildman–Crippen LogP) is 0.624. The van der Waals surface area contributed by atoms with Crippen LogP contribution in [0.4, 0.5) is 0 Å². The molecule has 0 radical (unpaired) electrons. The molecule has 19 heavy (non-hydrogen) atoms.